The van der Waals surface area contributed by atoms with Gasteiger partial charge >= 0.3 is 0 Å². The minimum atomic E-state index is 0.109. The number of carbonyl (C=O) groups is 1. The number of carbonyl (C=O) groups excluding carboxylic acids is 1. The highest BCUT2D eigenvalue weighted by molar-refractivity contribution is 5.83. The molecule has 0 atom stereocenters. The van der Waals surface area contributed by atoms with Crippen LogP contribution in [0.4, 0.5) is 0 Å². The van der Waals surface area contributed by atoms with E-state index in [-0.39, 0.29) is 5.91 Å². The summed E-state index contributed by atoms with van der Waals surface area (Å²) >= 11 is 0. The molecule has 0 radical (unpaired) electrons. The lowest BCUT2D eigenvalue weighted by Gasteiger charge is -2.05. The Hall–Kier alpha value is -1.77. The molecule has 0 bridgehead atoms. The fraction of sp³-hybridized carbons (Fsp3) is 0.357. The number of benzene rings is 1. The maximum atomic E-state index is 11.1. The number of amides is 1. The quantitative estimate of drug-likeness (QED) is 0.860. The van der Waals surface area contributed by atoms with Gasteiger partial charge in [-0.3, -0.25) is 4.79 Å². The second kappa shape index (κ2) is 5.04. The van der Waals surface area contributed by atoms with Crippen LogP contribution in [0.15, 0.2) is 30.5 Å². The summed E-state index contributed by atoms with van der Waals surface area (Å²) in [6.45, 7) is 3.01. The van der Waals surface area contributed by atoms with E-state index in [0.717, 1.165) is 13.0 Å². The first kappa shape index (κ1) is 11.7. The number of rotatable bonds is 4. The highest BCUT2D eigenvalue weighted by atomic mass is 16.1. The minimum absolute atomic E-state index is 0.109. The van der Waals surface area contributed by atoms with Gasteiger partial charge in [-0.05, 0) is 31.0 Å². The number of nitrogens with zero attached hydrogens (tertiary/aromatic N) is 1. The molecule has 90 valence electrons. The molecular formula is C14H18N2O. The molecule has 0 fully saturated rings. The van der Waals surface area contributed by atoms with E-state index < -0.39 is 0 Å². The van der Waals surface area contributed by atoms with E-state index in [4.69, 9.17) is 0 Å². The van der Waals surface area contributed by atoms with Gasteiger partial charge in [0.2, 0.25) is 5.91 Å². The first-order valence-corrected chi connectivity index (χ1v) is 5.97. The number of aryl methyl sites for hydroxylation is 2. The van der Waals surface area contributed by atoms with Crippen LogP contribution in [-0.4, -0.2) is 17.5 Å². The summed E-state index contributed by atoms with van der Waals surface area (Å²) in [5, 5.41) is 3.94. The SMILES string of the molecule is CNC(=O)CCCn1ccc2c(C)cccc21. The maximum Gasteiger partial charge on any atom is 0.219 e. The van der Waals surface area contributed by atoms with Gasteiger partial charge in [-0.15, -0.1) is 0 Å². The van der Waals surface area contributed by atoms with Crippen molar-refractivity contribution in [3.05, 3.63) is 36.0 Å². The number of hydrogen-bond donors (Lipinski definition) is 1. The molecule has 1 aromatic carbocycles. The topological polar surface area (TPSA) is 34.0 Å². The zero-order chi connectivity index (χ0) is 12.3. The van der Waals surface area contributed by atoms with Crippen molar-refractivity contribution in [2.45, 2.75) is 26.3 Å². The normalized spacial score (nSPS) is 10.7. The Labute approximate surface area is 101 Å². The first-order valence-electron chi connectivity index (χ1n) is 5.97. The molecule has 1 heterocycles. The summed E-state index contributed by atoms with van der Waals surface area (Å²) in [5.41, 5.74) is 2.55. The average Bonchev–Trinajstić information content (AvgIpc) is 2.74. The van der Waals surface area contributed by atoms with Crippen molar-refractivity contribution in [3.8, 4) is 0 Å². The molecule has 2 rings (SSSR count). The van der Waals surface area contributed by atoms with Gasteiger partial charge in [0.05, 0.1) is 0 Å². The van der Waals surface area contributed by atoms with Crippen LogP contribution >= 0.6 is 0 Å². The monoisotopic (exact) mass is 230 g/mol. The summed E-state index contributed by atoms with van der Waals surface area (Å²) in [5.74, 6) is 0.109. The molecular weight excluding hydrogens is 212 g/mol. The Bertz CT molecular complexity index is 528. The molecule has 1 N–H and O–H groups in total. The molecule has 3 nitrogen and oxygen atoms in total. The molecule has 0 saturated heterocycles. The molecule has 2 aromatic rings. The second-order valence-corrected chi connectivity index (χ2v) is 4.29. The Kier molecular flexibility index (Phi) is 3.47. The number of nitrogens with one attached hydrogen (secondary N) is 1. The number of fused-ring (bicyclic) bond motifs is 1. The average molecular weight is 230 g/mol. The van der Waals surface area contributed by atoms with E-state index in [2.05, 4.69) is 47.3 Å². The molecule has 1 amide bonds. The minimum Gasteiger partial charge on any atom is -0.359 e. The molecule has 3 heteroatoms. The zero-order valence-electron chi connectivity index (χ0n) is 10.4. The van der Waals surface area contributed by atoms with E-state index in [0.29, 0.717) is 6.42 Å². The maximum absolute atomic E-state index is 11.1. The van der Waals surface area contributed by atoms with Crippen molar-refractivity contribution < 1.29 is 4.79 Å². The lowest BCUT2D eigenvalue weighted by molar-refractivity contribution is -0.120. The smallest absolute Gasteiger partial charge is 0.219 e. The standard InChI is InChI=1S/C14H18N2O/c1-11-5-3-6-13-12(11)8-10-16(13)9-4-7-14(17)15-2/h3,5-6,8,10H,4,7,9H2,1-2H3,(H,15,17). The second-order valence-electron chi connectivity index (χ2n) is 4.29. The van der Waals surface area contributed by atoms with Gasteiger partial charge in [-0.2, -0.15) is 0 Å². The molecule has 0 aliphatic carbocycles. The van der Waals surface area contributed by atoms with Crippen LogP contribution in [0.1, 0.15) is 18.4 Å². The predicted molar refractivity (Wildman–Crippen MR) is 70.0 cm³/mol. The molecule has 0 aliphatic heterocycles. The predicted octanol–water partition coefficient (Wildman–Crippen LogP) is 2.48. The van der Waals surface area contributed by atoms with E-state index in [1.165, 1.54) is 16.5 Å². The molecule has 17 heavy (non-hydrogen) atoms. The van der Waals surface area contributed by atoms with Crippen molar-refractivity contribution in [1.82, 2.24) is 9.88 Å². The van der Waals surface area contributed by atoms with Crippen LogP contribution < -0.4 is 5.32 Å². The highest BCUT2D eigenvalue weighted by Gasteiger charge is 2.03. The number of aromatic nitrogens is 1. The summed E-state index contributed by atoms with van der Waals surface area (Å²) in [4.78, 5) is 11.1. The lowest BCUT2D eigenvalue weighted by Crippen LogP contribution is -2.17. The van der Waals surface area contributed by atoms with Crippen LogP contribution in [0.25, 0.3) is 10.9 Å². The van der Waals surface area contributed by atoms with Gasteiger partial charge in [-0.1, -0.05) is 12.1 Å². The van der Waals surface area contributed by atoms with Crippen LogP contribution in [0.5, 0.6) is 0 Å². The van der Waals surface area contributed by atoms with Crippen LogP contribution in [-0.2, 0) is 11.3 Å². The van der Waals surface area contributed by atoms with E-state index in [1.807, 2.05) is 0 Å². The molecule has 0 aliphatic rings. The molecule has 0 saturated carbocycles. The van der Waals surface area contributed by atoms with Crippen LogP contribution in [0.2, 0.25) is 0 Å². The first-order chi connectivity index (χ1) is 8.22. The summed E-state index contributed by atoms with van der Waals surface area (Å²) < 4.78 is 2.21. The van der Waals surface area contributed by atoms with Gasteiger partial charge in [0.1, 0.15) is 0 Å². The van der Waals surface area contributed by atoms with Crippen LogP contribution in [0.3, 0.4) is 0 Å². The third kappa shape index (κ3) is 2.49. The van der Waals surface area contributed by atoms with Gasteiger partial charge in [0.25, 0.3) is 0 Å². The molecule has 0 spiro atoms. The third-order valence-corrected chi connectivity index (χ3v) is 3.11. The summed E-state index contributed by atoms with van der Waals surface area (Å²) in [7, 11) is 1.68. The van der Waals surface area contributed by atoms with Crippen molar-refractivity contribution in [3.63, 3.8) is 0 Å². The molecule has 1 aromatic heterocycles. The number of hydrogen-bond acceptors (Lipinski definition) is 1. The van der Waals surface area contributed by atoms with Gasteiger partial charge in [0.15, 0.2) is 0 Å². The summed E-state index contributed by atoms with van der Waals surface area (Å²) in [6.07, 6.45) is 3.56. The Morgan fingerprint density at radius 3 is 2.94 bits per heavy atom. The zero-order valence-corrected chi connectivity index (χ0v) is 10.4. The fourth-order valence-electron chi connectivity index (χ4n) is 2.11. The summed E-state index contributed by atoms with van der Waals surface area (Å²) in [6, 6.07) is 8.47. The van der Waals surface area contributed by atoms with E-state index in [1.54, 1.807) is 7.05 Å². The Balaban J connectivity index is 2.09. The lowest BCUT2D eigenvalue weighted by atomic mass is 10.1. The van der Waals surface area contributed by atoms with Crippen molar-refractivity contribution in [2.75, 3.05) is 7.05 Å². The van der Waals surface area contributed by atoms with E-state index in [9.17, 15) is 4.79 Å². The Morgan fingerprint density at radius 2 is 2.18 bits per heavy atom. The molecule has 0 unspecified atom stereocenters. The largest absolute Gasteiger partial charge is 0.359 e. The van der Waals surface area contributed by atoms with E-state index >= 15 is 0 Å². The fourth-order valence-corrected chi connectivity index (χ4v) is 2.11. The van der Waals surface area contributed by atoms with Gasteiger partial charge < -0.3 is 9.88 Å². The van der Waals surface area contributed by atoms with Gasteiger partial charge in [-0.25, -0.2) is 0 Å². The van der Waals surface area contributed by atoms with Crippen molar-refractivity contribution in [2.24, 2.45) is 0 Å². The van der Waals surface area contributed by atoms with Crippen LogP contribution in [0, 0.1) is 6.92 Å². The highest BCUT2D eigenvalue weighted by Crippen LogP contribution is 2.19. The third-order valence-electron chi connectivity index (χ3n) is 3.11. The van der Waals surface area contributed by atoms with Gasteiger partial charge in [0, 0.05) is 37.1 Å². The van der Waals surface area contributed by atoms with Crippen molar-refractivity contribution >= 4 is 16.8 Å². The van der Waals surface area contributed by atoms with Crippen molar-refractivity contribution in [1.29, 1.82) is 0 Å². The Morgan fingerprint density at radius 1 is 1.35 bits per heavy atom.